The molecule has 0 saturated carbocycles. The van der Waals surface area contributed by atoms with Gasteiger partial charge in [0.25, 0.3) is 5.56 Å². The number of hydrogen-bond acceptors (Lipinski definition) is 9. The molecule has 11 nitrogen and oxygen atoms in total. The number of hydrogen-bond donors (Lipinski definition) is 1. The first-order chi connectivity index (χ1) is 15.1. The third-order valence-corrected chi connectivity index (χ3v) is 5.47. The van der Waals surface area contributed by atoms with Gasteiger partial charge in [-0.25, -0.2) is 19.5 Å². The van der Waals surface area contributed by atoms with Crippen molar-refractivity contribution in [1.82, 2.24) is 29.1 Å². The van der Waals surface area contributed by atoms with Gasteiger partial charge in [-0.15, -0.1) is 0 Å². The lowest BCUT2D eigenvalue weighted by molar-refractivity contribution is 0.122. The van der Waals surface area contributed by atoms with Crippen molar-refractivity contribution >= 4 is 34.0 Å². The zero-order valence-corrected chi connectivity index (χ0v) is 17.5. The smallest absolute Gasteiger partial charge is 0.295 e. The first-order valence-electron chi connectivity index (χ1n) is 9.90. The monoisotopic (exact) mass is 422 g/mol. The molecule has 0 unspecified atom stereocenters. The van der Waals surface area contributed by atoms with Crippen molar-refractivity contribution in [3.63, 3.8) is 0 Å². The molecular weight excluding hydrogens is 400 g/mol. The number of methoxy groups -OCH3 is 1. The van der Waals surface area contributed by atoms with Gasteiger partial charge in [-0.2, -0.15) is 5.10 Å². The van der Waals surface area contributed by atoms with E-state index in [2.05, 4.69) is 25.3 Å². The molecule has 0 spiro atoms. The largest absolute Gasteiger partial charge is 0.490 e. The van der Waals surface area contributed by atoms with E-state index in [-0.39, 0.29) is 11.3 Å². The summed E-state index contributed by atoms with van der Waals surface area (Å²) in [4.78, 5) is 28.4. The van der Waals surface area contributed by atoms with Crippen LogP contribution in [-0.4, -0.2) is 62.5 Å². The van der Waals surface area contributed by atoms with Crippen molar-refractivity contribution in [3.05, 3.63) is 40.7 Å². The van der Waals surface area contributed by atoms with Crippen molar-refractivity contribution < 1.29 is 9.47 Å². The summed E-state index contributed by atoms with van der Waals surface area (Å²) >= 11 is 0. The highest BCUT2D eigenvalue weighted by Crippen LogP contribution is 2.33. The highest BCUT2D eigenvalue weighted by molar-refractivity contribution is 5.92. The minimum Gasteiger partial charge on any atom is -0.490 e. The Morgan fingerprint density at radius 1 is 1.23 bits per heavy atom. The molecule has 0 atom stereocenters. The molecule has 0 amide bonds. The Morgan fingerprint density at radius 2 is 2.03 bits per heavy atom. The van der Waals surface area contributed by atoms with Crippen LogP contribution in [0.15, 0.2) is 29.6 Å². The molecule has 0 radical (unpaired) electrons. The maximum Gasteiger partial charge on any atom is 0.295 e. The Hall–Kier alpha value is -3.73. The van der Waals surface area contributed by atoms with Crippen molar-refractivity contribution in [2.45, 2.75) is 6.92 Å². The van der Waals surface area contributed by atoms with Crippen LogP contribution in [0.3, 0.4) is 0 Å². The number of ether oxygens (including phenoxy) is 2. The van der Waals surface area contributed by atoms with Gasteiger partial charge >= 0.3 is 0 Å². The number of nitrogens with zero attached hydrogens (tertiary/aromatic N) is 7. The fraction of sp³-hybridized carbons (Fsp3) is 0.350. The normalized spacial score (nSPS) is 14.4. The number of rotatable bonds is 4. The Labute approximate surface area is 177 Å². The number of fused-ring (bicyclic) bond motifs is 2. The van der Waals surface area contributed by atoms with Crippen molar-refractivity contribution in [2.24, 2.45) is 7.05 Å². The van der Waals surface area contributed by atoms with Gasteiger partial charge in [0.2, 0.25) is 11.7 Å². The summed E-state index contributed by atoms with van der Waals surface area (Å²) in [5.41, 5.74) is 4.25. The molecule has 5 heterocycles. The van der Waals surface area contributed by atoms with Crippen LogP contribution in [0.4, 0.5) is 17.3 Å². The predicted octanol–water partition coefficient (Wildman–Crippen LogP) is 1.27. The van der Waals surface area contributed by atoms with Crippen molar-refractivity contribution in [1.29, 1.82) is 0 Å². The molecule has 0 aliphatic carbocycles. The summed E-state index contributed by atoms with van der Waals surface area (Å²) in [6.45, 7) is 4.42. The molecule has 1 aliphatic rings. The zero-order chi connectivity index (χ0) is 21.5. The highest BCUT2D eigenvalue weighted by atomic mass is 16.5. The number of pyridine rings is 2. The van der Waals surface area contributed by atoms with Crippen LogP contribution in [-0.2, 0) is 11.8 Å². The second-order valence-corrected chi connectivity index (χ2v) is 7.33. The van der Waals surface area contributed by atoms with Gasteiger partial charge in [0, 0.05) is 20.1 Å². The molecule has 0 bridgehead atoms. The Morgan fingerprint density at radius 3 is 2.81 bits per heavy atom. The summed E-state index contributed by atoms with van der Waals surface area (Å²) in [6, 6.07) is 1.93. The van der Waals surface area contributed by atoms with Crippen LogP contribution < -0.4 is 20.5 Å². The second-order valence-electron chi connectivity index (χ2n) is 7.33. The van der Waals surface area contributed by atoms with Crippen LogP contribution in [0, 0.1) is 6.92 Å². The summed E-state index contributed by atoms with van der Waals surface area (Å²) in [5, 5.41) is 7.45. The first-order valence-corrected chi connectivity index (χ1v) is 9.90. The van der Waals surface area contributed by atoms with Gasteiger partial charge in [-0.05, 0) is 18.6 Å². The standard InChI is InChI=1S/C20H22N8O3/c1-12-8-15-22-11-23-28(15)10-13(12)24-20-21-9-14-16(25-20)17(27-4-6-31-7-5-27)18(30-3)19(29)26(14)2/h8-11H,4-7H2,1-3H3,(H,21,24,25). The number of morpholine rings is 1. The van der Waals surface area contributed by atoms with E-state index in [1.807, 2.05) is 19.2 Å². The lowest BCUT2D eigenvalue weighted by Crippen LogP contribution is -2.38. The molecule has 1 fully saturated rings. The quantitative estimate of drug-likeness (QED) is 0.519. The molecule has 0 aromatic carbocycles. The molecule has 11 heteroatoms. The maximum absolute atomic E-state index is 12.9. The molecule has 1 N–H and O–H groups in total. The molecule has 5 rings (SSSR count). The topological polar surface area (TPSA) is 112 Å². The minimum absolute atomic E-state index is 0.228. The van der Waals surface area contributed by atoms with Gasteiger partial charge < -0.3 is 24.3 Å². The summed E-state index contributed by atoms with van der Waals surface area (Å²) in [5.74, 6) is 0.673. The third-order valence-electron chi connectivity index (χ3n) is 5.47. The van der Waals surface area contributed by atoms with E-state index in [0.717, 1.165) is 16.9 Å². The average molecular weight is 422 g/mol. The number of anilines is 3. The van der Waals surface area contributed by atoms with E-state index in [9.17, 15) is 4.79 Å². The molecule has 160 valence electrons. The van der Waals surface area contributed by atoms with E-state index >= 15 is 0 Å². The summed E-state index contributed by atoms with van der Waals surface area (Å²) < 4.78 is 14.2. The molecule has 4 aromatic rings. The van der Waals surface area contributed by atoms with Gasteiger partial charge in [0.1, 0.15) is 17.5 Å². The van der Waals surface area contributed by atoms with Crippen LogP contribution in [0.2, 0.25) is 0 Å². The maximum atomic E-state index is 12.9. The molecule has 31 heavy (non-hydrogen) atoms. The average Bonchev–Trinajstić information content (AvgIpc) is 3.24. The minimum atomic E-state index is -0.228. The third kappa shape index (κ3) is 3.22. The lowest BCUT2D eigenvalue weighted by Gasteiger charge is -2.30. The molecule has 1 aliphatic heterocycles. The highest BCUT2D eigenvalue weighted by Gasteiger charge is 2.24. The van der Waals surface area contributed by atoms with Gasteiger partial charge in [0.05, 0.1) is 43.9 Å². The molecule has 4 aromatic heterocycles. The number of aromatic nitrogens is 6. The van der Waals surface area contributed by atoms with E-state index in [0.29, 0.717) is 49.0 Å². The first kappa shape index (κ1) is 19.2. The van der Waals surface area contributed by atoms with Gasteiger partial charge in [0.15, 0.2) is 5.65 Å². The SMILES string of the molecule is COc1c(N2CCOCC2)c2nc(Nc3cn4ncnc4cc3C)ncc2n(C)c1=O. The van der Waals surface area contributed by atoms with Gasteiger partial charge in [-0.1, -0.05) is 0 Å². The summed E-state index contributed by atoms with van der Waals surface area (Å²) in [6.07, 6.45) is 5.00. The summed E-state index contributed by atoms with van der Waals surface area (Å²) in [7, 11) is 3.19. The van der Waals surface area contributed by atoms with E-state index in [4.69, 9.17) is 14.5 Å². The van der Waals surface area contributed by atoms with Crippen LogP contribution in [0.25, 0.3) is 16.7 Å². The van der Waals surface area contributed by atoms with E-state index in [1.165, 1.54) is 18.0 Å². The lowest BCUT2D eigenvalue weighted by atomic mass is 10.2. The Balaban J connectivity index is 1.66. The van der Waals surface area contributed by atoms with E-state index < -0.39 is 0 Å². The van der Waals surface area contributed by atoms with Gasteiger partial charge in [-0.3, -0.25) is 4.79 Å². The molecule has 1 saturated heterocycles. The van der Waals surface area contributed by atoms with Crippen LogP contribution >= 0.6 is 0 Å². The molecular formula is C20H22N8O3. The zero-order valence-electron chi connectivity index (χ0n) is 17.5. The number of nitrogens with one attached hydrogen (secondary N) is 1. The second kappa shape index (κ2) is 7.51. The fourth-order valence-corrected chi connectivity index (χ4v) is 3.80. The predicted molar refractivity (Wildman–Crippen MR) is 115 cm³/mol. The van der Waals surface area contributed by atoms with Crippen molar-refractivity contribution in [3.8, 4) is 5.75 Å². The van der Waals surface area contributed by atoms with Crippen LogP contribution in [0.1, 0.15) is 5.56 Å². The fourth-order valence-electron chi connectivity index (χ4n) is 3.80. The Kier molecular flexibility index (Phi) is 4.66. The Bertz CT molecular complexity index is 1340. The van der Waals surface area contributed by atoms with Crippen molar-refractivity contribution in [2.75, 3.05) is 43.6 Å². The number of aryl methyl sites for hydroxylation is 2. The van der Waals surface area contributed by atoms with E-state index in [1.54, 1.807) is 17.8 Å². The van der Waals surface area contributed by atoms with Crippen LogP contribution in [0.5, 0.6) is 5.75 Å².